The van der Waals surface area contributed by atoms with E-state index in [2.05, 4.69) is 40.0 Å². The van der Waals surface area contributed by atoms with E-state index in [-0.39, 0.29) is 5.91 Å². The summed E-state index contributed by atoms with van der Waals surface area (Å²) in [5.41, 5.74) is 5.07. The van der Waals surface area contributed by atoms with Crippen molar-refractivity contribution < 1.29 is 4.79 Å². The van der Waals surface area contributed by atoms with Gasteiger partial charge < -0.3 is 5.32 Å². The van der Waals surface area contributed by atoms with Gasteiger partial charge in [-0.1, -0.05) is 18.4 Å². The number of aromatic nitrogens is 4. The normalized spacial score (nSPS) is 10.1. The number of amides is 1. The first-order chi connectivity index (χ1) is 14.6. The lowest BCUT2D eigenvalue weighted by atomic mass is 10.1. The van der Waals surface area contributed by atoms with Crippen LogP contribution in [0.15, 0.2) is 67.8 Å². The van der Waals surface area contributed by atoms with Crippen LogP contribution in [0.4, 0.5) is 5.69 Å². The molecule has 0 fully saturated rings. The minimum absolute atomic E-state index is 0.270. The van der Waals surface area contributed by atoms with Crippen LogP contribution in [0, 0.1) is 23.2 Å². The fraction of sp³-hybridized carbons (Fsp3) is 0.0435. The minimum Gasteiger partial charge on any atom is -0.323 e. The Labute approximate surface area is 172 Å². The molecule has 1 aromatic carbocycles. The number of fused-ring (bicyclic) bond motifs is 1. The lowest BCUT2D eigenvalue weighted by Gasteiger charge is -2.03. The number of hydrogen-bond acceptors (Lipinski definition) is 4. The molecule has 4 rings (SSSR count). The maximum absolute atomic E-state index is 11.4. The van der Waals surface area contributed by atoms with Gasteiger partial charge in [-0.3, -0.25) is 9.48 Å². The number of nitriles is 1. The van der Waals surface area contributed by atoms with E-state index in [0.29, 0.717) is 22.3 Å². The molecule has 0 aliphatic heterocycles. The zero-order valence-electron chi connectivity index (χ0n) is 16.1. The lowest BCUT2D eigenvalue weighted by Crippen LogP contribution is -2.06. The molecule has 0 unspecified atom stereocenters. The van der Waals surface area contributed by atoms with Gasteiger partial charge in [-0.2, -0.15) is 15.5 Å². The highest BCUT2D eigenvalue weighted by Gasteiger charge is 2.11. The van der Waals surface area contributed by atoms with Crippen LogP contribution in [0.5, 0.6) is 0 Å². The Morgan fingerprint density at radius 2 is 1.90 bits per heavy atom. The van der Waals surface area contributed by atoms with Crippen LogP contribution in [0.1, 0.15) is 16.7 Å². The highest BCUT2D eigenvalue weighted by atomic mass is 16.1. The number of aryl methyl sites for hydroxylation is 1. The van der Waals surface area contributed by atoms with Crippen molar-refractivity contribution in [1.29, 1.82) is 5.26 Å². The number of nitrogens with zero attached hydrogens (tertiary/aromatic N) is 5. The van der Waals surface area contributed by atoms with E-state index < -0.39 is 0 Å². The van der Waals surface area contributed by atoms with Crippen molar-refractivity contribution in [2.24, 2.45) is 7.05 Å². The Balaban J connectivity index is 1.75. The van der Waals surface area contributed by atoms with Crippen LogP contribution in [0.2, 0.25) is 0 Å². The van der Waals surface area contributed by atoms with Crippen LogP contribution >= 0.6 is 0 Å². The van der Waals surface area contributed by atoms with Gasteiger partial charge in [0.15, 0.2) is 0 Å². The van der Waals surface area contributed by atoms with E-state index >= 15 is 0 Å². The van der Waals surface area contributed by atoms with Gasteiger partial charge >= 0.3 is 0 Å². The number of hydrogen-bond donors (Lipinski definition) is 1. The van der Waals surface area contributed by atoms with Crippen molar-refractivity contribution in [1.82, 2.24) is 19.4 Å². The smallest absolute Gasteiger partial charge is 0.247 e. The largest absolute Gasteiger partial charge is 0.323 e. The molecule has 0 radical (unpaired) electrons. The van der Waals surface area contributed by atoms with E-state index in [4.69, 9.17) is 0 Å². The molecule has 0 saturated heterocycles. The molecule has 7 nitrogen and oxygen atoms in total. The predicted octanol–water partition coefficient (Wildman–Crippen LogP) is 3.13. The zero-order chi connectivity index (χ0) is 21.1. The maximum atomic E-state index is 11.4. The van der Waals surface area contributed by atoms with Crippen LogP contribution in [0.3, 0.4) is 0 Å². The van der Waals surface area contributed by atoms with E-state index in [1.807, 2.05) is 37.6 Å². The summed E-state index contributed by atoms with van der Waals surface area (Å²) in [5.74, 6) is 6.01. The van der Waals surface area contributed by atoms with Crippen molar-refractivity contribution in [2.45, 2.75) is 0 Å². The Hall–Kier alpha value is -4.62. The van der Waals surface area contributed by atoms with E-state index in [0.717, 1.165) is 16.7 Å². The molecule has 1 N–H and O–H groups in total. The molecule has 1 amide bonds. The van der Waals surface area contributed by atoms with E-state index in [9.17, 15) is 10.1 Å². The van der Waals surface area contributed by atoms with Crippen LogP contribution in [-0.2, 0) is 11.8 Å². The molecule has 0 bridgehead atoms. The van der Waals surface area contributed by atoms with Crippen LogP contribution in [-0.4, -0.2) is 25.3 Å². The minimum atomic E-state index is -0.270. The Morgan fingerprint density at radius 3 is 2.57 bits per heavy atom. The molecule has 7 heteroatoms. The Bertz CT molecular complexity index is 1370. The van der Waals surface area contributed by atoms with Crippen molar-refractivity contribution in [2.75, 3.05) is 5.32 Å². The highest BCUT2D eigenvalue weighted by molar-refractivity contribution is 5.98. The number of anilines is 1. The first-order valence-corrected chi connectivity index (χ1v) is 9.03. The number of benzene rings is 1. The lowest BCUT2D eigenvalue weighted by molar-refractivity contribution is -0.111. The second-order valence-electron chi connectivity index (χ2n) is 6.53. The number of carbonyl (C=O) groups is 1. The van der Waals surface area contributed by atoms with Gasteiger partial charge in [-0.25, -0.2) is 4.52 Å². The summed E-state index contributed by atoms with van der Waals surface area (Å²) in [5, 5.41) is 20.6. The summed E-state index contributed by atoms with van der Waals surface area (Å²) in [6, 6.07) is 11.3. The van der Waals surface area contributed by atoms with Crippen LogP contribution in [0.25, 0.3) is 16.6 Å². The predicted molar refractivity (Wildman–Crippen MR) is 113 cm³/mol. The van der Waals surface area contributed by atoms with E-state index in [1.165, 1.54) is 12.3 Å². The summed E-state index contributed by atoms with van der Waals surface area (Å²) in [6.45, 7) is 3.43. The SMILES string of the molecule is C=CC(=O)Nc1ccc(C#Cc2cc(-c3cnn(C)c3)cn3ncc(C#N)c23)cc1. The summed E-state index contributed by atoms with van der Waals surface area (Å²) < 4.78 is 3.39. The average molecular weight is 392 g/mol. The fourth-order valence-electron chi connectivity index (χ4n) is 3.00. The molecule has 3 heterocycles. The molecule has 30 heavy (non-hydrogen) atoms. The number of carbonyl (C=O) groups excluding carboxylic acids is 1. The van der Waals surface area contributed by atoms with Crippen molar-refractivity contribution >= 4 is 17.1 Å². The maximum Gasteiger partial charge on any atom is 0.247 e. The molecule has 0 atom stereocenters. The molecule has 3 aromatic heterocycles. The summed E-state index contributed by atoms with van der Waals surface area (Å²) in [6.07, 6.45) is 8.28. The Morgan fingerprint density at radius 1 is 1.10 bits per heavy atom. The molecule has 4 aromatic rings. The zero-order valence-corrected chi connectivity index (χ0v) is 16.1. The third-order valence-electron chi connectivity index (χ3n) is 4.45. The highest BCUT2D eigenvalue weighted by Crippen LogP contribution is 2.24. The molecule has 0 aliphatic rings. The summed E-state index contributed by atoms with van der Waals surface area (Å²) in [4.78, 5) is 11.4. The summed E-state index contributed by atoms with van der Waals surface area (Å²) in [7, 11) is 1.85. The molecular formula is C23H16N6O. The molecule has 0 aliphatic carbocycles. The molecular weight excluding hydrogens is 376 g/mol. The topological polar surface area (TPSA) is 88.0 Å². The first-order valence-electron chi connectivity index (χ1n) is 9.03. The first kappa shape index (κ1) is 18.7. The second-order valence-corrected chi connectivity index (χ2v) is 6.53. The number of pyridine rings is 1. The quantitative estimate of drug-likeness (QED) is 0.429. The van der Waals surface area contributed by atoms with Gasteiger partial charge in [0.2, 0.25) is 5.91 Å². The Kier molecular flexibility index (Phi) is 4.86. The summed E-state index contributed by atoms with van der Waals surface area (Å²) >= 11 is 0. The van der Waals surface area contributed by atoms with Gasteiger partial charge in [0.25, 0.3) is 0 Å². The van der Waals surface area contributed by atoms with Crippen molar-refractivity contribution in [3.8, 4) is 29.0 Å². The monoisotopic (exact) mass is 392 g/mol. The molecule has 144 valence electrons. The second kappa shape index (κ2) is 7.78. The standard InChI is InChI=1S/C23H16N6O/c1-3-22(30)27-21-8-5-16(6-9-21)4-7-17-10-18(20-13-25-28(2)14-20)15-29-23(17)19(11-24)12-26-29/h3,5-6,8-10,12-15H,1H2,2H3,(H,27,30). The van der Waals surface area contributed by atoms with Gasteiger partial charge in [-0.15, -0.1) is 0 Å². The third-order valence-corrected chi connectivity index (χ3v) is 4.45. The molecule has 0 spiro atoms. The van der Waals surface area contributed by atoms with Crippen molar-refractivity contribution in [3.63, 3.8) is 0 Å². The van der Waals surface area contributed by atoms with Crippen molar-refractivity contribution in [3.05, 3.63) is 84.5 Å². The van der Waals surface area contributed by atoms with Gasteiger partial charge in [-0.05, 0) is 36.4 Å². The van der Waals surface area contributed by atoms with Crippen LogP contribution < -0.4 is 5.32 Å². The fourth-order valence-corrected chi connectivity index (χ4v) is 3.00. The van der Waals surface area contributed by atoms with Gasteiger partial charge in [0.1, 0.15) is 6.07 Å². The molecule has 0 saturated carbocycles. The number of nitrogens with one attached hydrogen (secondary N) is 1. The van der Waals surface area contributed by atoms with E-state index in [1.54, 1.807) is 27.5 Å². The third kappa shape index (κ3) is 3.68. The van der Waals surface area contributed by atoms with Gasteiger partial charge in [0.05, 0.1) is 29.0 Å². The number of rotatable bonds is 3. The average Bonchev–Trinajstić information content (AvgIpc) is 3.38. The van der Waals surface area contributed by atoms with Gasteiger partial charge in [0, 0.05) is 41.8 Å².